The van der Waals surface area contributed by atoms with E-state index in [1.165, 1.54) is 10.9 Å². The van der Waals surface area contributed by atoms with Crippen molar-refractivity contribution in [2.24, 2.45) is 0 Å². The first-order chi connectivity index (χ1) is 19.1. The quantitative estimate of drug-likeness (QED) is 0.217. The van der Waals surface area contributed by atoms with Crippen molar-refractivity contribution in [3.63, 3.8) is 0 Å². The van der Waals surface area contributed by atoms with Crippen molar-refractivity contribution in [2.45, 2.75) is 20.0 Å². The average Bonchev–Trinajstić information content (AvgIpc) is 3.42. The number of fused-ring (bicyclic) bond motifs is 1. The number of nitrogens with zero attached hydrogens (tertiary/aromatic N) is 6. The number of benzene rings is 3. The summed E-state index contributed by atoms with van der Waals surface area (Å²) in [5.74, 6) is -1.88. The van der Waals surface area contributed by atoms with Crippen LogP contribution in [-0.2, 0) is 13.1 Å². The van der Waals surface area contributed by atoms with Gasteiger partial charge in [-0.3, -0.25) is 9.59 Å². The molecule has 204 valence electrons. The molecule has 0 aliphatic rings. The zero-order chi connectivity index (χ0) is 28.6. The lowest BCUT2D eigenvalue weighted by atomic mass is 10.1. The summed E-state index contributed by atoms with van der Waals surface area (Å²) in [6.07, 6.45) is 1.54. The molecule has 0 aliphatic heterocycles. The van der Waals surface area contributed by atoms with Crippen molar-refractivity contribution in [3.05, 3.63) is 104 Å². The van der Waals surface area contributed by atoms with Gasteiger partial charge in [-0.25, -0.2) is 18.4 Å². The van der Waals surface area contributed by atoms with E-state index in [9.17, 15) is 18.4 Å². The fourth-order valence-corrected chi connectivity index (χ4v) is 4.70. The molecule has 12 heteroatoms. The molecular formula is C28H24BrF2N7O2. The molecule has 2 N–H and O–H groups in total. The van der Waals surface area contributed by atoms with Crippen LogP contribution in [0.25, 0.3) is 22.3 Å². The number of likely N-dealkylation sites (N-methyl/N-ethyl adjacent to an activating group) is 1. The second-order valence-electron chi connectivity index (χ2n) is 9.32. The summed E-state index contributed by atoms with van der Waals surface area (Å²) < 4.78 is 31.0. The largest absolute Gasteiger partial charge is 0.396 e. The number of aromatic nitrogens is 5. The Morgan fingerprint density at radius 2 is 1.85 bits per heavy atom. The molecule has 9 nitrogen and oxygen atoms in total. The van der Waals surface area contributed by atoms with Gasteiger partial charge in [0.1, 0.15) is 17.2 Å². The van der Waals surface area contributed by atoms with Gasteiger partial charge in [0.25, 0.3) is 11.5 Å². The summed E-state index contributed by atoms with van der Waals surface area (Å²) >= 11 is 2.83. The molecule has 0 unspecified atom stereocenters. The van der Waals surface area contributed by atoms with Crippen LogP contribution >= 0.6 is 15.9 Å². The lowest BCUT2D eigenvalue weighted by molar-refractivity contribution is 0.0790. The van der Waals surface area contributed by atoms with Crippen molar-refractivity contribution < 1.29 is 13.6 Å². The van der Waals surface area contributed by atoms with Crippen molar-refractivity contribution in [3.8, 4) is 11.3 Å². The number of para-hydroxylation sites is 2. The van der Waals surface area contributed by atoms with Gasteiger partial charge in [-0.05, 0) is 58.7 Å². The first-order valence-electron chi connectivity index (χ1n) is 12.3. The molecule has 40 heavy (non-hydrogen) atoms. The number of anilines is 1. The first-order valence-corrected chi connectivity index (χ1v) is 13.1. The summed E-state index contributed by atoms with van der Waals surface area (Å²) in [5, 5.41) is 8.03. The normalized spacial score (nSPS) is 11.2. The Bertz CT molecular complexity index is 1800. The van der Waals surface area contributed by atoms with Gasteiger partial charge in [0.05, 0.1) is 33.9 Å². The monoisotopic (exact) mass is 607 g/mol. The minimum absolute atomic E-state index is 0.102. The molecule has 3 aromatic carbocycles. The van der Waals surface area contributed by atoms with Crippen LogP contribution in [0, 0.1) is 18.6 Å². The summed E-state index contributed by atoms with van der Waals surface area (Å²) in [4.78, 5) is 31.7. The number of aryl methyl sites for hydroxylation is 1. The Hall–Kier alpha value is -4.45. The van der Waals surface area contributed by atoms with Gasteiger partial charge in [-0.15, -0.1) is 5.10 Å². The maximum atomic E-state index is 14.2. The van der Waals surface area contributed by atoms with Gasteiger partial charge in [0.2, 0.25) is 0 Å². The van der Waals surface area contributed by atoms with Gasteiger partial charge in [-0.2, -0.15) is 0 Å². The molecular weight excluding hydrogens is 584 g/mol. The molecule has 0 atom stereocenters. The molecule has 5 rings (SSSR count). The number of hydrogen-bond donors (Lipinski definition) is 1. The smallest absolute Gasteiger partial charge is 0.272 e. The van der Waals surface area contributed by atoms with Crippen molar-refractivity contribution >= 4 is 38.6 Å². The average molecular weight is 608 g/mol. The SMILES string of the molecule is Cc1nc2ccccc2n(CCN(C)C(=O)c2ccc(Cn3cc(-c4cc(F)c(Br)c(F)c4N)nn3)cc2)c1=O. The summed E-state index contributed by atoms with van der Waals surface area (Å²) in [7, 11) is 1.69. The Labute approximate surface area is 236 Å². The van der Waals surface area contributed by atoms with Crippen LogP contribution in [-0.4, -0.2) is 48.9 Å². The Morgan fingerprint density at radius 3 is 2.60 bits per heavy atom. The van der Waals surface area contributed by atoms with Crippen LogP contribution in [0.15, 0.2) is 70.1 Å². The van der Waals surface area contributed by atoms with Crippen LogP contribution in [0.4, 0.5) is 14.5 Å². The Kier molecular flexibility index (Phi) is 7.44. The highest BCUT2D eigenvalue weighted by Gasteiger charge is 2.18. The summed E-state index contributed by atoms with van der Waals surface area (Å²) in [6.45, 7) is 2.65. The van der Waals surface area contributed by atoms with Gasteiger partial charge >= 0.3 is 0 Å². The lowest BCUT2D eigenvalue weighted by Crippen LogP contribution is -2.33. The van der Waals surface area contributed by atoms with Crippen molar-refractivity contribution in [2.75, 3.05) is 19.3 Å². The maximum Gasteiger partial charge on any atom is 0.272 e. The minimum Gasteiger partial charge on any atom is -0.396 e. The zero-order valence-corrected chi connectivity index (χ0v) is 23.2. The second-order valence-corrected chi connectivity index (χ2v) is 10.1. The van der Waals surface area contributed by atoms with Crippen LogP contribution < -0.4 is 11.3 Å². The molecule has 5 aromatic rings. The molecule has 1 amide bonds. The number of nitrogen functional groups attached to an aromatic ring is 1. The molecule has 0 saturated heterocycles. The van der Waals surface area contributed by atoms with E-state index in [2.05, 4.69) is 31.2 Å². The van der Waals surface area contributed by atoms with Crippen LogP contribution in [0.5, 0.6) is 0 Å². The maximum absolute atomic E-state index is 14.2. The van der Waals surface area contributed by atoms with E-state index in [-0.39, 0.29) is 32.9 Å². The van der Waals surface area contributed by atoms with E-state index in [1.807, 2.05) is 24.3 Å². The highest BCUT2D eigenvalue weighted by atomic mass is 79.9. The number of amides is 1. The van der Waals surface area contributed by atoms with E-state index in [0.29, 0.717) is 30.9 Å². The molecule has 0 spiro atoms. The van der Waals surface area contributed by atoms with Gasteiger partial charge in [0, 0.05) is 31.3 Å². The predicted molar refractivity (Wildman–Crippen MR) is 151 cm³/mol. The summed E-state index contributed by atoms with van der Waals surface area (Å²) in [5.41, 5.74) is 8.90. The standard InChI is InChI=1S/C28H24BrF2N7O2/c1-16-27(39)38(23-6-4-3-5-21(23)33-16)12-11-36(2)28(40)18-9-7-17(8-10-18)14-37-15-22(34-35-37)19-13-20(30)24(29)25(31)26(19)32/h3-10,13,15H,11-12,14,32H2,1-2H3. The van der Waals surface area contributed by atoms with Crippen molar-refractivity contribution in [1.82, 2.24) is 29.4 Å². The van der Waals surface area contributed by atoms with E-state index < -0.39 is 11.6 Å². The molecule has 0 bridgehead atoms. The third-order valence-electron chi connectivity index (χ3n) is 6.58. The first kappa shape index (κ1) is 27.1. The number of carbonyl (C=O) groups is 1. The summed E-state index contributed by atoms with van der Waals surface area (Å²) in [6, 6.07) is 15.5. The van der Waals surface area contributed by atoms with Gasteiger partial charge in [-0.1, -0.05) is 29.5 Å². The fourth-order valence-electron chi connectivity index (χ4n) is 4.37. The molecule has 2 heterocycles. The number of nitrogens with two attached hydrogens (primary N) is 1. The van der Waals surface area contributed by atoms with Crippen LogP contribution in [0.3, 0.4) is 0 Å². The third-order valence-corrected chi connectivity index (χ3v) is 7.31. The van der Waals surface area contributed by atoms with Gasteiger partial charge in [0.15, 0.2) is 5.82 Å². The van der Waals surface area contributed by atoms with E-state index in [0.717, 1.165) is 22.7 Å². The van der Waals surface area contributed by atoms with E-state index in [1.54, 1.807) is 47.7 Å². The molecule has 0 fully saturated rings. The molecule has 0 saturated carbocycles. The highest BCUT2D eigenvalue weighted by Crippen LogP contribution is 2.33. The van der Waals surface area contributed by atoms with Crippen molar-refractivity contribution in [1.29, 1.82) is 0 Å². The Balaban J connectivity index is 1.26. The zero-order valence-electron chi connectivity index (χ0n) is 21.6. The Morgan fingerprint density at radius 1 is 1.12 bits per heavy atom. The minimum atomic E-state index is -0.897. The molecule has 0 radical (unpaired) electrons. The lowest BCUT2D eigenvalue weighted by Gasteiger charge is -2.19. The number of halogens is 3. The van der Waals surface area contributed by atoms with Crippen LogP contribution in [0.1, 0.15) is 21.6 Å². The van der Waals surface area contributed by atoms with Gasteiger partial charge < -0.3 is 15.2 Å². The molecule has 0 aliphatic carbocycles. The topological polar surface area (TPSA) is 112 Å². The van der Waals surface area contributed by atoms with Crippen LogP contribution in [0.2, 0.25) is 0 Å². The number of hydrogen-bond acceptors (Lipinski definition) is 6. The number of rotatable bonds is 7. The van der Waals surface area contributed by atoms with E-state index in [4.69, 9.17) is 5.73 Å². The predicted octanol–water partition coefficient (Wildman–Crippen LogP) is 4.41. The third kappa shape index (κ3) is 5.22. The van der Waals surface area contributed by atoms with E-state index >= 15 is 0 Å². The number of carbonyl (C=O) groups excluding carboxylic acids is 1. The fraction of sp³-hybridized carbons (Fsp3) is 0.179. The molecule has 2 aromatic heterocycles. The highest BCUT2D eigenvalue weighted by molar-refractivity contribution is 9.10. The second kappa shape index (κ2) is 11.0.